The number of benzene rings is 2. The molecule has 0 aliphatic heterocycles. The average Bonchev–Trinajstić information content (AvgIpc) is 3.28. The van der Waals surface area contributed by atoms with Crippen molar-refractivity contribution in [3.05, 3.63) is 83.8 Å². The number of phenolic OH excluding ortho intramolecular Hbond substituents is 2. The molecule has 1 amide bonds. The normalized spacial score (nSPS) is 11.3. The maximum atomic E-state index is 13.2. The highest BCUT2D eigenvalue weighted by atomic mass is 35.5. The Morgan fingerprint density at radius 3 is 2.39 bits per heavy atom. The lowest BCUT2D eigenvalue weighted by Gasteiger charge is -2.19. The van der Waals surface area contributed by atoms with Crippen LogP contribution < -0.4 is 0 Å². The van der Waals surface area contributed by atoms with Gasteiger partial charge in [-0.3, -0.25) is 9.78 Å². The van der Waals surface area contributed by atoms with E-state index in [0.717, 1.165) is 19.2 Å². The van der Waals surface area contributed by atoms with Gasteiger partial charge in [0.2, 0.25) is 0 Å². The second-order valence-electron chi connectivity index (χ2n) is 6.93. The van der Waals surface area contributed by atoms with Gasteiger partial charge in [-0.25, -0.2) is 17.4 Å². The molecule has 9 nitrogen and oxygen atoms in total. The van der Waals surface area contributed by atoms with Gasteiger partial charge in [-0.15, -0.1) is 0 Å². The van der Waals surface area contributed by atoms with E-state index in [2.05, 4.69) is 10.1 Å². The Morgan fingerprint density at radius 2 is 1.70 bits per heavy atom. The van der Waals surface area contributed by atoms with Gasteiger partial charge in [0.25, 0.3) is 15.9 Å². The summed E-state index contributed by atoms with van der Waals surface area (Å²) in [5, 5.41) is 25.5. The molecular formula is C22H17ClN4O5S. The van der Waals surface area contributed by atoms with E-state index in [-0.39, 0.29) is 16.9 Å². The summed E-state index contributed by atoms with van der Waals surface area (Å²) < 4.78 is 28.4. The van der Waals surface area contributed by atoms with Crippen LogP contribution in [-0.4, -0.2) is 50.7 Å². The molecule has 0 unspecified atom stereocenters. The first-order valence-corrected chi connectivity index (χ1v) is 11.3. The third-order valence-electron chi connectivity index (χ3n) is 4.93. The molecule has 0 saturated heterocycles. The summed E-state index contributed by atoms with van der Waals surface area (Å²) in [5.74, 6) is -1.91. The molecule has 0 bridgehead atoms. The van der Waals surface area contributed by atoms with Crippen molar-refractivity contribution in [2.45, 2.75) is 4.90 Å². The van der Waals surface area contributed by atoms with E-state index in [4.69, 9.17) is 11.6 Å². The number of phenols is 2. The summed E-state index contributed by atoms with van der Waals surface area (Å²) in [6, 6.07) is 13.1. The first-order valence-electron chi connectivity index (χ1n) is 9.50. The Labute approximate surface area is 194 Å². The number of carbonyl (C=O) groups is 1. The van der Waals surface area contributed by atoms with Crippen LogP contribution in [0.15, 0.2) is 78.1 Å². The molecule has 2 heterocycles. The highest BCUT2D eigenvalue weighted by Gasteiger charge is 2.31. The molecule has 0 aliphatic rings. The summed E-state index contributed by atoms with van der Waals surface area (Å²) in [6.07, 6.45) is 4.18. The van der Waals surface area contributed by atoms with Crippen LogP contribution in [0.3, 0.4) is 0 Å². The molecule has 33 heavy (non-hydrogen) atoms. The van der Waals surface area contributed by atoms with Gasteiger partial charge in [-0.2, -0.15) is 5.10 Å². The third-order valence-corrected chi connectivity index (χ3v) is 7.02. The van der Waals surface area contributed by atoms with Crippen molar-refractivity contribution >= 4 is 27.5 Å². The summed E-state index contributed by atoms with van der Waals surface area (Å²) in [5.41, 5.74) is 0.987. The topological polar surface area (TPSA) is 126 Å². The van der Waals surface area contributed by atoms with Crippen molar-refractivity contribution in [2.75, 3.05) is 7.05 Å². The summed E-state index contributed by atoms with van der Waals surface area (Å²) in [6.45, 7) is 0. The Hall–Kier alpha value is -3.89. The second-order valence-corrected chi connectivity index (χ2v) is 9.28. The number of carbonyl (C=O) groups excluding carboxylic acids is 1. The van der Waals surface area contributed by atoms with E-state index in [1.54, 1.807) is 30.3 Å². The number of sulfonamides is 1. The number of halogens is 1. The zero-order valence-corrected chi connectivity index (χ0v) is 18.7. The Bertz CT molecular complexity index is 1450. The first kappa shape index (κ1) is 22.3. The molecule has 2 aromatic carbocycles. The second kappa shape index (κ2) is 8.57. The van der Waals surface area contributed by atoms with E-state index < -0.39 is 26.6 Å². The molecule has 11 heteroatoms. The van der Waals surface area contributed by atoms with Crippen molar-refractivity contribution in [1.29, 1.82) is 0 Å². The van der Waals surface area contributed by atoms with Crippen LogP contribution in [0.2, 0.25) is 5.02 Å². The highest BCUT2D eigenvalue weighted by molar-refractivity contribution is 7.89. The molecule has 2 N–H and O–H groups in total. The molecule has 0 atom stereocenters. The number of nitrogens with zero attached hydrogens (tertiary/aromatic N) is 4. The number of hydrogen-bond donors (Lipinski definition) is 2. The molecule has 0 radical (unpaired) electrons. The van der Waals surface area contributed by atoms with Gasteiger partial charge < -0.3 is 10.2 Å². The first-order chi connectivity index (χ1) is 15.7. The third kappa shape index (κ3) is 4.01. The largest absolute Gasteiger partial charge is 0.507 e. The van der Waals surface area contributed by atoms with E-state index in [1.807, 2.05) is 0 Å². The number of pyridine rings is 1. The lowest BCUT2D eigenvalue weighted by atomic mass is 10.1. The fourth-order valence-electron chi connectivity index (χ4n) is 3.22. The molecule has 4 aromatic rings. The fourth-order valence-corrected chi connectivity index (χ4v) is 4.65. The minimum Gasteiger partial charge on any atom is -0.507 e. The summed E-state index contributed by atoms with van der Waals surface area (Å²) >= 11 is 6.27. The van der Waals surface area contributed by atoms with E-state index in [0.29, 0.717) is 20.7 Å². The van der Waals surface area contributed by atoms with E-state index >= 15 is 0 Å². The van der Waals surface area contributed by atoms with Crippen LogP contribution in [0.4, 0.5) is 0 Å². The van der Waals surface area contributed by atoms with Crippen molar-refractivity contribution < 1.29 is 23.4 Å². The maximum Gasteiger partial charge on any atom is 0.270 e. The standard InChI is InChI=1S/C22H17ClN4O5S/c1-26(22(30)14-6-9-24-10-7-14)33(31,32)21-12-15(19(28)13-20(21)29)17-8-11-25-27(17)18-5-3-2-4-16(18)23/h2-13,28-29H,1H3. The molecule has 2 aromatic heterocycles. The Morgan fingerprint density at radius 1 is 1.00 bits per heavy atom. The Kier molecular flexibility index (Phi) is 5.79. The molecule has 168 valence electrons. The lowest BCUT2D eigenvalue weighted by Crippen LogP contribution is -2.33. The van der Waals surface area contributed by atoms with Gasteiger partial charge in [0.05, 0.1) is 22.6 Å². The number of hydrogen-bond acceptors (Lipinski definition) is 7. The number of rotatable bonds is 5. The predicted molar refractivity (Wildman–Crippen MR) is 121 cm³/mol. The van der Waals surface area contributed by atoms with Crippen LogP contribution in [0.5, 0.6) is 11.5 Å². The van der Waals surface area contributed by atoms with Crippen LogP contribution in [0.25, 0.3) is 16.9 Å². The molecule has 0 fully saturated rings. The number of amides is 1. The quantitative estimate of drug-likeness (QED) is 0.444. The highest BCUT2D eigenvalue weighted by Crippen LogP contribution is 2.39. The van der Waals surface area contributed by atoms with Gasteiger partial charge in [-0.05, 0) is 36.4 Å². The van der Waals surface area contributed by atoms with Crippen LogP contribution in [0, 0.1) is 0 Å². The summed E-state index contributed by atoms with van der Waals surface area (Å²) in [4.78, 5) is 15.9. The molecule has 0 aliphatic carbocycles. The minimum atomic E-state index is -4.49. The fraction of sp³-hybridized carbons (Fsp3) is 0.0455. The smallest absolute Gasteiger partial charge is 0.270 e. The molecular weight excluding hydrogens is 468 g/mol. The molecule has 0 spiro atoms. The number of para-hydroxylation sites is 1. The number of aromatic nitrogens is 3. The maximum absolute atomic E-state index is 13.2. The van der Waals surface area contributed by atoms with E-state index in [9.17, 15) is 23.4 Å². The monoisotopic (exact) mass is 484 g/mol. The van der Waals surface area contributed by atoms with Crippen molar-refractivity contribution in [3.8, 4) is 28.4 Å². The lowest BCUT2D eigenvalue weighted by molar-refractivity contribution is 0.0883. The minimum absolute atomic E-state index is 0.0635. The molecule has 4 rings (SSSR count). The van der Waals surface area contributed by atoms with Gasteiger partial charge >= 0.3 is 0 Å². The van der Waals surface area contributed by atoms with Gasteiger partial charge in [0, 0.05) is 36.6 Å². The van der Waals surface area contributed by atoms with Crippen molar-refractivity contribution in [3.63, 3.8) is 0 Å². The predicted octanol–water partition coefficient (Wildman–Crippen LogP) is 3.46. The van der Waals surface area contributed by atoms with Crippen LogP contribution in [-0.2, 0) is 10.0 Å². The van der Waals surface area contributed by atoms with Gasteiger partial charge in [-0.1, -0.05) is 23.7 Å². The van der Waals surface area contributed by atoms with Crippen molar-refractivity contribution in [2.24, 2.45) is 0 Å². The Balaban J connectivity index is 1.82. The average molecular weight is 485 g/mol. The van der Waals surface area contributed by atoms with Crippen LogP contribution in [0.1, 0.15) is 10.4 Å². The SMILES string of the molecule is CN(C(=O)c1ccncc1)S(=O)(=O)c1cc(-c2ccnn2-c2ccccc2Cl)c(O)cc1O. The van der Waals surface area contributed by atoms with E-state index in [1.165, 1.54) is 35.4 Å². The summed E-state index contributed by atoms with van der Waals surface area (Å²) in [7, 11) is -3.41. The van der Waals surface area contributed by atoms with Crippen LogP contribution >= 0.6 is 11.6 Å². The number of aromatic hydroxyl groups is 2. The van der Waals surface area contributed by atoms with Crippen molar-refractivity contribution in [1.82, 2.24) is 19.1 Å². The van der Waals surface area contributed by atoms with Gasteiger partial charge in [0.15, 0.2) is 0 Å². The zero-order valence-electron chi connectivity index (χ0n) is 17.1. The van der Waals surface area contributed by atoms with Gasteiger partial charge in [0.1, 0.15) is 16.4 Å². The zero-order chi connectivity index (χ0) is 23.8. The molecule has 0 saturated carbocycles.